The molecule has 4 unspecified atom stereocenters. The molecule has 4 aliphatic rings. The first kappa shape index (κ1) is 31.1. The van der Waals surface area contributed by atoms with Gasteiger partial charge in [-0.1, -0.05) is 48.1 Å². The maximum atomic E-state index is 14.7. The van der Waals surface area contributed by atoms with E-state index in [2.05, 4.69) is 0 Å². The van der Waals surface area contributed by atoms with Crippen molar-refractivity contribution in [1.29, 1.82) is 0 Å². The molecule has 0 aromatic heterocycles. The Morgan fingerprint density at radius 3 is 2.42 bits per heavy atom. The molecular formula is C39H32FNO7. The number of halogens is 1. The predicted octanol–water partition coefficient (Wildman–Crippen LogP) is 6.35. The van der Waals surface area contributed by atoms with Crippen molar-refractivity contribution < 1.29 is 38.1 Å². The number of ketones is 2. The Kier molecular flexibility index (Phi) is 7.70. The third-order valence-electron chi connectivity index (χ3n) is 9.94. The molecule has 242 valence electrons. The molecule has 0 spiro atoms. The van der Waals surface area contributed by atoms with E-state index in [0.717, 1.165) is 17.2 Å². The van der Waals surface area contributed by atoms with Crippen LogP contribution in [0, 0.1) is 23.6 Å². The van der Waals surface area contributed by atoms with Gasteiger partial charge in [0.15, 0.2) is 23.1 Å². The van der Waals surface area contributed by atoms with Gasteiger partial charge in [0.05, 0.1) is 31.7 Å². The Morgan fingerprint density at radius 2 is 1.69 bits per heavy atom. The summed E-state index contributed by atoms with van der Waals surface area (Å²) in [5.41, 5.74) is 3.56. The van der Waals surface area contributed by atoms with Crippen molar-refractivity contribution in [2.24, 2.45) is 17.8 Å². The average molecular weight is 646 g/mol. The molecule has 3 aromatic rings. The van der Waals surface area contributed by atoms with E-state index in [9.17, 15) is 28.7 Å². The van der Waals surface area contributed by atoms with Crippen molar-refractivity contribution in [2.45, 2.75) is 25.7 Å². The van der Waals surface area contributed by atoms with Gasteiger partial charge < -0.3 is 14.6 Å². The topological polar surface area (TPSA) is 110 Å². The number of methoxy groups -OCH3 is 2. The van der Waals surface area contributed by atoms with Crippen LogP contribution in [0.3, 0.4) is 0 Å². The van der Waals surface area contributed by atoms with Gasteiger partial charge in [-0.15, -0.1) is 0 Å². The van der Waals surface area contributed by atoms with E-state index in [4.69, 9.17) is 9.47 Å². The van der Waals surface area contributed by atoms with Gasteiger partial charge in [-0.3, -0.25) is 24.1 Å². The normalized spacial score (nSPS) is 23.5. The number of aromatic hydroxyl groups is 1. The van der Waals surface area contributed by atoms with Crippen LogP contribution in [-0.2, 0) is 19.2 Å². The van der Waals surface area contributed by atoms with Crippen molar-refractivity contribution in [3.63, 3.8) is 0 Å². The summed E-state index contributed by atoms with van der Waals surface area (Å²) >= 11 is 0. The molecule has 9 heteroatoms. The fraction of sp³-hybridized carbons (Fsp3) is 0.231. The Labute approximate surface area is 276 Å². The molecule has 7 rings (SSSR count). The van der Waals surface area contributed by atoms with Crippen LogP contribution in [0.5, 0.6) is 17.2 Å². The van der Waals surface area contributed by atoms with E-state index in [1.807, 2.05) is 48.6 Å². The number of hydrogen-bond acceptors (Lipinski definition) is 7. The van der Waals surface area contributed by atoms with Crippen molar-refractivity contribution in [3.05, 3.63) is 118 Å². The molecule has 0 bridgehead atoms. The average Bonchev–Trinajstić information content (AvgIpc) is 3.35. The number of anilines is 1. The molecule has 0 radical (unpaired) electrons. The summed E-state index contributed by atoms with van der Waals surface area (Å²) in [6, 6.07) is 16.6. The van der Waals surface area contributed by atoms with E-state index in [0.29, 0.717) is 22.8 Å². The number of hydrogen-bond donors (Lipinski definition) is 1. The number of Topliss-reactive ketones (excluding diaryl/α,β-unsaturated/α-hetero) is 1. The van der Waals surface area contributed by atoms with Crippen LogP contribution < -0.4 is 14.4 Å². The monoisotopic (exact) mass is 645 g/mol. The fourth-order valence-electron chi connectivity index (χ4n) is 7.63. The summed E-state index contributed by atoms with van der Waals surface area (Å²) < 4.78 is 25.4. The highest BCUT2D eigenvalue weighted by molar-refractivity contribution is 6.25. The molecule has 4 atom stereocenters. The number of para-hydroxylation sites is 1. The second-order valence-corrected chi connectivity index (χ2v) is 12.5. The van der Waals surface area contributed by atoms with Gasteiger partial charge in [-0.05, 0) is 73.7 Å². The lowest BCUT2D eigenvalue weighted by Gasteiger charge is -2.42. The van der Waals surface area contributed by atoms with Crippen LogP contribution in [0.15, 0.2) is 95.1 Å². The Balaban J connectivity index is 1.21. The zero-order valence-electron chi connectivity index (χ0n) is 26.5. The number of fused-ring (bicyclic) bond motifs is 3. The number of rotatable bonds is 6. The number of benzene rings is 3. The van der Waals surface area contributed by atoms with Crippen LogP contribution in [0.4, 0.5) is 10.1 Å². The number of carbonyl (C=O) groups is 4. The van der Waals surface area contributed by atoms with Gasteiger partial charge in [0.2, 0.25) is 11.8 Å². The molecule has 3 aromatic carbocycles. The fourth-order valence-corrected chi connectivity index (χ4v) is 7.63. The number of nitrogens with zero attached hydrogens (tertiary/aromatic N) is 1. The minimum absolute atomic E-state index is 0.0909. The second kappa shape index (κ2) is 11.9. The number of amides is 2. The smallest absolute Gasteiger partial charge is 0.238 e. The SMILES string of the molecule is COc1ccc(OC)c(C=Cc2ccc(N3C(=O)C4CC=C5C(c6cccc(F)c6O)C6=C(CC5C4C3=O)C(=O)C=C(C)C6=O)cc2)c1. The first-order valence-electron chi connectivity index (χ1n) is 15.7. The number of ether oxygens (including phenoxy) is 2. The third-order valence-corrected chi connectivity index (χ3v) is 9.94. The number of phenolic OH excluding ortho intramolecular Hbond substituents is 1. The molecule has 1 saturated heterocycles. The van der Waals surface area contributed by atoms with Crippen molar-refractivity contribution in [2.75, 3.05) is 19.1 Å². The third kappa shape index (κ3) is 4.89. The van der Waals surface area contributed by atoms with Gasteiger partial charge in [0, 0.05) is 33.8 Å². The molecule has 1 N–H and O–H groups in total. The van der Waals surface area contributed by atoms with Gasteiger partial charge >= 0.3 is 0 Å². The lowest BCUT2D eigenvalue weighted by Crippen LogP contribution is -2.39. The summed E-state index contributed by atoms with van der Waals surface area (Å²) in [5, 5.41) is 10.8. The van der Waals surface area contributed by atoms with Gasteiger partial charge in [-0.2, -0.15) is 0 Å². The standard InChI is InChI=1S/C39H32FNO7/c1-20-17-31(42)29-19-28-25(33(35(29)36(20)43)26-5-4-6-30(40)37(26)44)14-15-27-34(28)39(46)41(38(27)45)23-11-8-21(9-12-23)7-10-22-18-24(47-2)13-16-32(22)48-3/h4-14,16-18,27-28,33-34,44H,15,19H2,1-3H3. The first-order chi connectivity index (χ1) is 23.1. The lowest BCUT2D eigenvalue weighted by molar-refractivity contribution is -0.123. The summed E-state index contributed by atoms with van der Waals surface area (Å²) in [6.07, 6.45) is 7.22. The van der Waals surface area contributed by atoms with Crippen LogP contribution in [0.2, 0.25) is 0 Å². The minimum Gasteiger partial charge on any atom is -0.505 e. The highest BCUT2D eigenvalue weighted by Crippen LogP contribution is 2.56. The first-order valence-corrected chi connectivity index (χ1v) is 15.7. The molecule has 2 amide bonds. The van der Waals surface area contributed by atoms with Gasteiger partial charge in [0.25, 0.3) is 0 Å². The highest BCUT2D eigenvalue weighted by Gasteiger charge is 2.56. The van der Waals surface area contributed by atoms with E-state index in [1.54, 1.807) is 33.3 Å². The maximum Gasteiger partial charge on any atom is 0.238 e. The molecule has 3 aliphatic carbocycles. The molecule has 1 aliphatic heterocycles. The molecule has 0 saturated carbocycles. The zero-order valence-corrected chi connectivity index (χ0v) is 26.5. The molecular weight excluding hydrogens is 613 g/mol. The zero-order chi connectivity index (χ0) is 33.9. The van der Waals surface area contributed by atoms with E-state index in [-0.39, 0.29) is 52.6 Å². The lowest BCUT2D eigenvalue weighted by atomic mass is 9.59. The number of phenols is 1. The van der Waals surface area contributed by atoms with Crippen LogP contribution in [-0.4, -0.2) is 42.7 Å². The molecule has 1 fully saturated rings. The number of carbonyl (C=O) groups excluding carboxylic acids is 4. The number of imide groups is 1. The second-order valence-electron chi connectivity index (χ2n) is 12.5. The summed E-state index contributed by atoms with van der Waals surface area (Å²) in [7, 11) is 3.18. The summed E-state index contributed by atoms with van der Waals surface area (Å²) in [4.78, 5) is 56.1. The quantitative estimate of drug-likeness (QED) is 0.144. The molecule has 1 heterocycles. The highest BCUT2D eigenvalue weighted by atomic mass is 19.1. The van der Waals surface area contributed by atoms with Crippen molar-refractivity contribution in [3.8, 4) is 17.2 Å². The summed E-state index contributed by atoms with van der Waals surface area (Å²) in [5.74, 6) is -4.52. The van der Waals surface area contributed by atoms with Gasteiger partial charge in [0.1, 0.15) is 11.5 Å². The largest absolute Gasteiger partial charge is 0.505 e. The summed E-state index contributed by atoms with van der Waals surface area (Å²) in [6.45, 7) is 1.55. The molecule has 48 heavy (non-hydrogen) atoms. The Hall–Kier alpha value is -5.57. The van der Waals surface area contributed by atoms with Crippen LogP contribution in [0.1, 0.15) is 42.4 Å². The van der Waals surface area contributed by atoms with Crippen molar-refractivity contribution in [1.82, 2.24) is 0 Å². The van der Waals surface area contributed by atoms with Crippen molar-refractivity contribution >= 4 is 41.2 Å². The predicted molar refractivity (Wildman–Crippen MR) is 177 cm³/mol. The Bertz CT molecular complexity index is 2040. The van der Waals surface area contributed by atoms with Gasteiger partial charge in [-0.25, -0.2) is 4.39 Å². The maximum absolute atomic E-state index is 14.7. The van der Waals surface area contributed by atoms with E-state index >= 15 is 0 Å². The molecule has 8 nitrogen and oxygen atoms in total. The van der Waals surface area contributed by atoms with Crippen LogP contribution in [0.25, 0.3) is 12.2 Å². The van der Waals surface area contributed by atoms with E-state index in [1.165, 1.54) is 23.1 Å². The van der Waals surface area contributed by atoms with Crippen LogP contribution >= 0.6 is 0 Å². The number of allylic oxidation sites excluding steroid dienone is 6. The van der Waals surface area contributed by atoms with E-state index < -0.39 is 41.1 Å². The minimum atomic E-state index is -0.929. The Morgan fingerprint density at radius 1 is 0.917 bits per heavy atom.